The number of hydrogen-bond acceptors (Lipinski definition) is 1. The molecule has 0 bridgehead atoms. The Balaban J connectivity index is 2.19. The van der Waals surface area contributed by atoms with E-state index >= 15 is 0 Å². The number of nitrogens with zero attached hydrogens (tertiary/aromatic N) is 1. The second-order valence-electron chi connectivity index (χ2n) is 4.85. The van der Waals surface area contributed by atoms with Crippen LogP contribution < -0.4 is 0 Å². The number of fused-ring (bicyclic) bond motifs is 1. The number of aryl methyl sites for hydroxylation is 2. The number of pyridine rings is 1. The van der Waals surface area contributed by atoms with E-state index in [-0.39, 0.29) is 0 Å². The Hall–Kier alpha value is -1.86. The van der Waals surface area contributed by atoms with Crippen LogP contribution in [0.15, 0.2) is 48.5 Å². The molecule has 0 radical (unpaired) electrons. The number of benzene rings is 2. The second-order valence-corrected chi connectivity index (χ2v) is 5.29. The highest BCUT2D eigenvalue weighted by atomic mass is 35.5. The van der Waals surface area contributed by atoms with Crippen LogP contribution in [0, 0.1) is 13.8 Å². The monoisotopic (exact) mass is 267 g/mol. The minimum absolute atomic E-state index is 0.720. The summed E-state index contributed by atoms with van der Waals surface area (Å²) in [7, 11) is 0. The molecule has 0 saturated heterocycles. The lowest BCUT2D eigenvalue weighted by atomic mass is 10.0. The summed E-state index contributed by atoms with van der Waals surface area (Å²) in [4.78, 5) is 4.71. The Morgan fingerprint density at radius 2 is 1.68 bits per heavy atom. The number of hydrogen-bond donors (Lipinski definition) is 0. The molecular formula is C17H14ClN. The summed E-state index contributed by atoms with van der Waals surface area (Å²) in [6.07, 6.45) is 0. The second kappa shape index (κ2) is 4.67. The summed E-state index contributed by atoms with van der Waals surface area (Å²) < 4.78 is 0. The van der Waals surface area contributed by atoms with Crippen molar-refractivity contribution < 1.29 is 0 Å². The van der Waals surface area contributed by atoms with E-state index in [0.29, 0.717) is 0 Å². The minimum Gasteiger partial charge on any atom is -0.248 e. The lowest BCUT2D eigenvalue weighted by molar-refractivity contribution is 1.33. The van der Waals surface area contributed by atoms with Crippen molar-refractivity contribution in [2.45, 2.75) is 13.8 Å². The molecule has 0 atom stereocenters. The topological polar surface area (TPSA) is 12.9 Å². The molecule has 0 amide bonds. The fourth-order valence-corrected chi connectivity index (χ4v) is 2.51. The average molecular weight is 268 g/mol. The van der Waals surface area contributed by atoms with Crippen LogP contribution in [0.1, 0.15) is 11.1 Å². The number of rotatable bonds is 1. The summed E-state index contributed by atoms with van der Waals surface area (Å²) in [6, 6.07) is 16.4. The lowest BCUT2D eigenvalue weighted by Crippen LogP contribution is -1.89. The Morgan fingerprint density at radius 1 is 0.895 bits per heavy atom. The average Bonchev–Trinajstić information content (AvgIpc) is 2.38. The number of aromatic nitrogens is 1. The summed E-state index contributed by atoms with van der Waals surface area (Å²) in [6.45, 7) is 4.22. The molecule has 0 unspecified atom stereocenters. The molecule has 94 valence electrons. The van der Waals surface area contributed by atoms with Gasteiger partial charge >= 0.3 is 0 Å². The van der Waals surface area contributed by atoms with E-state index in [1.807, 2.05) is 18.2 Å². The highest BCUT2D eigenvalue weighted by Gasteiger charge is 2.05. The zero-order valence-corrected chi connectivity index (χ0v) is 11.7. The molecular weight excluding hydrogens is 254 g/mol. The van der Waals surface area contributed by atoms with Gasteiger partial charge in [0, 0.05) is 16.0 Å². The van der Waals surface area contributed by atoms with Gasteiger partial charge in [-0.1, -0.05) is 47.5 Å². The van der Waals surface area contributed by atoms with Crippen LogP contribution in [-0.2, 0) is 0 Å². The first-order valence-corrected chi connectivity index (χ1v) is 6.65. The van der Waals surface area contributed by atoms with Crippen molar-refractivity contribution in [1.29, 1.82) is 0 Å². The van der Waals surface area contributed by atoms with Crippen molar-refractivity contribution in [3.63, 3.8) is 0 Å². The Bertz CT molecular complexity index is 762. The molecule has 0 fully saturated rings. The molecule has 0 aliphatic rings. The van der Waals surface area contributed by atoms with E-state index in [4.69, 9.17) is 16.6 Å². The van der Waals surface area contributed by atoms with Gasteiger partial charge in [0.2, 0.25) is 0 Å². The van der Waals surface area contributed by atoms with E-state index in [9.17, 15) is 0 Å². The molecule has 19 heavy (non-hydrogen) atoms. The van der Waals surface area contributed by atoms with E-state index < -0.39 is 0 Å². The molecule has 2 aromatic carbocycles. The summed E-state index contributed by atoms with van der Waals surface area (Å²) in [5.41, 5.74) is 5.61. The predicted molar refractivity (Wildman–Crippen MR) is 81.7 cm³/mol. The fraction of sp³-hybridized carbons (Fsp3) is 0.118. The van der Waals surface area contributed by atoms with Crippen molar-refractivity contribution in [3.05, 3.63) is 64.7 Å². The Labute approximate surface area is 117 Å². The van der Waals surface area contributed by atoms with E-state index in [1.54, 1.807) is 0 Å². The lowest BCUT2D eigenvalue weighted by Gasteiger charge is -2.07. The van der Waals surface area contributed by atoms with Crippen molar-refractivity contribution >= 4 is 22.5 Å². The zero-order chi connectivity index (χ0) is 13.4. The first kappa shape index (κ1) is 12.2. The van der Waals surface area contributed by atoms with Crippen LogP contribution in [0.2, 0.25) is 5.02 Å². The maximum Gasteiger partial charge on any atom is 0.0724 e. The predicted octanol–water partition coefficient (Wildman–Crippen LogP) is 5.17. The highest BCUT2D eigenvalue weighted by molar-refractivity contribution is 6.31. The van der Waals surface area contributed by atoms with E-state index in [2.05, 4.69) is 44.2 Å². The molecule has 3 aromatic rings. The molecule has 3 rings (SSSR count). The largest absolute Gasteiger partial charge is 0.248 e. The van der Waals surface area contributed by atoms with Crippen LogP contribution in [0.4, 0.5) is 0 Å². The summed E-state index contributed by atoms with van der Waals surface area (Å²) in [5, 5.41) is 1.83. The van der Waals surface area contributed by atoms with Crippen molar-refractivity contribution in [1.82, 2.24) is 4.98 Å². The van der Waals surface area contributed by atoms with Crippen LogP contribution in [0.5, 0.6) is 0 Å². The fourth-order valence-electron chi connectivity index (χ4n) is 2.34. The maximum absolute atomic E-state index is 6.03. The zero-order valence-electron chi connectivity index (χ0n) is 10.9. The van der Waals surface area contributed by atoms with Gasteiger partial charge in [0.25, 0.3) is 0 Å². The van der Waals surface area contributed by atoms with Gasteiger partial charge in [-0.15, -0.1) is 0 Å². The minimum atomic E-state index is 0.720. The van der Waals surface area contributed by atoms with Gasteiger partial charge in [-0.05, 0) is 37.6 Å². The van der Waals surface area contributed by atoms with Crippen molar-refractivity contribution in [2.24, 2.45) is 0 Å². The molecule has 1 aromatic heterocycles. The van der Waals surface area contributed by atoms with Crippen LogP contribution >= 0.6 is 11.6 Å². The summed E-state index contributed by atoms with van der Waals surface area (Å²) >= 11 is 6.03. The first-order chi connectivity index (χ1) is 9.13. The molecule has 2 heteroatoms. The van der Waals surface area contributed by atoms with Crippen LogP contribution in [0.3, 0.4) is 0 Å². The molecule has 0 spiro atoms. The molecule has 0 saturated carbocycles. The van der Waals surface area contributed by atoms with Gasteiger partial charge in [-0.25, -0.2) is 4.98 Å². The third-order valence-corrected chi connectivity index (χ3v) is 3.55. The van der Waals surface area contributed by atoms with Gasteiger partial charge in [-0.2, -0.15) is 0 Å². The van der Waals surface area contributed by atoms with Crippen molar-refractivity contribution in [2.75, 3.05) is 0 Å². The molecule has 0 aliphatic carbocycles. The Kier molecular flexibility index (Phi) is 3.00. The summed E-state index contributed by atoms with van der Waals surface area (Å²) in [5.74, 6) is 0. The molecule has 1 nitrogen and oxygen atoms in total. The maximum atomic E-state index is 6.03. The third-order valence-electron chi connectivity index (χ3n) is 3.31. The Morgan fingerprint density at radius 3 is 2.47 bits per heavy atom. The molecule has 0 aliphatic heterocycles. The van der Waals surface area contributed by atoms with Gasteiger partial charge in [0.1, 0.15) is 0 Å². The van der Waals surface area contributed by atoms with Crippen molar-refractivity contribution in [3.8, 4) is 11.3 Å². The van der Waals surface area contributed by atoms with Gasteiger partial charge < -0.3 is 0 Å². The quantitative estimate of drug-likeness (QED) is 0.593. The van der Waals surface area contributed by atoms with Gasteiger partial charge in [0.15, 0.2) is 0 Å². The van der Waals surface area contributed by atoms with Gasteiger partial charge in [0.05, 0.1) is 11.2 Å². The van der Waals surface area contributed by atoms with Gasteiger partial charge in [-0.3, -0.25) is 0 Å². The van der Waals surface area contributed by atoms with Crippen LogP contribution in [0.25, 0.3) is 22.2 Å². The SMILES string of the molecule is Cc1ccc(-c2ccc3ccc(Cl)cc3n2)c(C)c1. The van der Waals surface area contributed by atoms with E-state index in [0.717, 1.165) is 21.6 Å². The highest BCUT2D eigenvalue weighted by Crippen LogP contribution is 2.26. The first-order valence-electron chi connectivity index (χ1n) is 6.27. The standard InChI is InChI=1S/C17H14ClN/c1-11-3-7-15(12(2)9-11)16-8-5-13-4-6-14(18)10-17(13)19-16/h3-10H,1-2H3. The van der Waals surface area contributed by atoms with Crippen LogP contribution in [-0.4, -0.2) is 4.98 Å². The molecule has 0 N–H and O–H groups in total. The normalized spacial score (nSPS) is 10.9. The third kappa shape index (κ3) is 2.34. The number of halogens is 1. The molecule has 1 heterocycles. The van der Waals surface area contributed by atoms with E-state index in [1.165, 1.54) is 16.7 Å². The smallest absolute Gasteiger partial charge is 0.0724 e.